The summed E-state index contributed by atoms with van der Waals surface area (Å²) in [5.74, 6) is 0. The molecule has 0 aliphatic carbocycles. The highest BCUT2D eigenvalue weighted by molar-refractivity contribution is 4.76. The molecule has 0 unspecified atom stereocenters. The Bertz CT molecular complexity index is 76.5. The lowest BCUT2D eigenvalue weighted by molar-refractivity contribution is 0.123. The normalized spacial score (nSPS) is 12.6. The van der Waals surface area contributed by atoms with Crippen molar-refractivity contribution in [3.05, 3.63) is 25.3 Å². The molecule has 0 heterocycles. The first-order chi connectivity index (χ1) is 3.81. The van der Waals surface area contributed by atoms with Gasteiger partial charge in [0.05, 0.1) is 12.7 Å². The third-order valence-electron chi connectivity index (χ3n) is 0.809. The third kappa shape index (κ3) is 3.62. The lowest BCUT2D eigenvalue weighted by Crippen LogP contribution is -2.02. The maximum Gasteiger partial charge on any atom is 0.0729 e. The molecule has 0 bridgehead atoms. The molecule has 0 saturated carbocycles. The molecule has 0 aromatic rings. The average Bonchev–Trinajstić information content (AvgIpc) is 1.83. The van der Waals surface area contributed by atoms with Crippen LogP contribution in [0.4, 0.5) is 0 Å². The molecular formula is C7H12O. The van der Waals surface area contributed by atoms with Crippen molar-refractivity contribution in [2.24, 2.45) is 0 Å². The Balaban J connectivity index is 3.09. The second-order valence-corrected chi connectivity index (χ2v) is 1.56. The van der Waals surface area contributed by atoms with E-state index < -0.39 is 0 Å². The maximum absolute atomic E-state index is 5.10. The second-order valence-electron chi connectivity index (χ2n) is 1.56. The molecule has 0 N–H and O–H groups in total. The smallest absolute Gasteiger partial charge is 0.0729 e. The molecule has 0 aromatic carbocycles. The van der Waals surface area contributed by atoms with E-state index in [-0.39, 0.29) is 6.10 Å². The number of hydrogen-bond donors (Lipinski definition) is 0. The van der Waals surface area contributed by atoms with E-state index in [1.54, 1.807) is 12.2 Å². The van der Waals surface area contributed by atoms with Crippen LogP contribution in [0.25, 0.3) is 0 Å². The van der Waals surface area contributed by atoms with Crippen LogP contribution < -0.4 is 0 Å². The molecule has 8 heavy (non-hydrogen) atoms. The minimum absolute atomic E-state index is 0.146. The van der Waals surface area contributed by atoms with Gasteiger partial charge in [-0.25, -0.2) is 0 Å². The Labute approximate surface area is 50.7 Å². The SMILES string of the molecule is C=CCO[C@@H](C)C=C. The fourth-order valence-corrected chi connectivity index (χ4v) is 0.288. The van der Waals surface area contributed by atoms with E-state index in [1.165, 1.54) is 0 Å². The van der Waals surface area contributed by atoms with E-state index in [9.17, 15) is 0 Å². The van der Waals surface area contributed by atoms with Crippen LogP contribution in [0.3, 0.4) is 0 Å². The van der Waals surface area contributed by atoms with E-state index in [4.69, 9.17) is 4.74 Å². The predicted octanol–water partition coefficient (Wildman–Crippen LogP) is 1.76. The van der Waals surface area contributed by atoms with Gasteiger partial charge in [-0.3, -0.25) is 0 Å². The lowest BCUT2D eigenvalue weighted by atomic mass is 10.4. The summed E-state index contributed by atoms with van der Waals surface area (Å²) >= 11 is 0. The van der Waals surface area contributed by atoms with Crippen LogP contribution in [0.1, 0.15) is 6.92 Å². The molecule has 0 saturated heterocycles. The van der Waals surface area contributed by atoms with Gasteiger partial charge in [-0.05, 0) is 6.92 Å². The standard InChI is InChI=1S/C7H12O/c1-4-6-8-7(3)5-2/h4-5,7H,1-2,6H2,3H3/t7-/m0/s1. The number of rotatable bonds is 4. The van der Waals surface area contributed by atoms with E-state index in [1.807, 2.05) is 6.92 Å². The van der Waals surface area contributed by atoms with Crippen LogP contribution in [0, 0.1) is 0 Å². The second kappa shape index (κ2) is 4.60. The summed E-state index contributed by atoms with van der Waals surface area (Å²) in [4.78, 5) is 0. The van der Waals surface area contributed by atoms with Gasteiger partial charge in [0.15, 0.2) is 0 Å². The van der Waals surface area contributed by atoms with Gasteiger partial charge in [0.25, 0.3) is 0 Å². The highest BCUT2D eigenvalue weighted by Gasteiger charge is 1.88. The monoisotopic (exact) mass is 112 g/mol. The molecule has 0 spiro atoms. The Morgan fingerprint density at radius 2 is 2.25 bits per heavy atom. The van der Waals surface area contributed by atoms with Crippen molar-refractivity contribution >= 4 is 0 Å². The van der Waals surface area contributed by atoms with Crippen molar-refractivity contribution in [1.29, 1.82) is 0 Å². The summed E-state index contributed by atoms with van der Waals surface area (Å²) in [6.07, 6.45) is 3.62. The van der Waals surface area contributed by atoms with Gasteiger partial charge in [-0.1, -0.05) is 12.2 Å². The Morgan fingerprint density at radius 1 is 1.62 bits per heavy atom. The number of ether oxygens (including phenoxy) is 1. The van der Waals surface area contributed by atoms with Crippen molar-refractivity contribution in [3.8, 4) is 0 Å². The largest absolute Gasteiger partial charge is 0.370 e. The van der Waals surface area contributed by atoms with E-state index >= 15 is 0 Å². The van der Waals surface area contributed by atoms with Crippen molar-refractivity contribution in [2.45, 2.75) is 13.0 Å². The molecule has 46 valence electrons. The van der Waals surface area contributed by atoms with E-state index in [0.717, 1.165) is 0 Å². The minimum Gasteiger partial charge on any atom is -0.370 e. The molecular weight excluding hydrogens is 100 g/mol. The first-order valence-electron chi connectivity index (χ1n) is 2.66. The van der Waals surface area contributed by atoms with Crippen LogP contribution in [0.2, 0.25) is 0 Å². The fraction of sp³-hybridized carbons (Fsp3) is 0.429. The first-order valence-corrected chi connectivity index (χ1v) is 2.66. The highest BCUT2D eigenvalue weighted by Crippen LogP contribution is 1.88. The molecule has 1 nitrogen and oxygen atoms in total. The zero-order valence-electron chi connectivity index (χ0n) is 5.26. The van der Waals surface area contributed by atoms with E-state index in [0.29, 0.717) is 6.61 Å². The summed E-state index contributed by atoms with van der Waals surface area (Å²) in [7, 11) is 0. The Hall–Kier alpha value is -0.560. The van der Waals surface area contributed by atoms with Crippen LogP contribution in [-0.4, -0.2) is 12.7 Å². The molecule has 1 atom stereocenters. The Kier molecular flexibility index (Phi) is 4.27. The van der Waals surface area contributed by atoms with Gasteiger partial charge in [-0.2, -0.15) is 0 Å². The van der Waals surface area contributed by atoms with Gasteiger partial charge in [0.1, 0.15) is 0 Å². The highest BCUT2D eigenvalue weighted by atomic mass is 16.5. The van der Waals surface area contributed by atoms with Gasteiger partial charge in [0.2, 0.25) is 0 Å². The molecule has 0 radical (unpaired) electrons. The van der Waals surface area contributed by atoms with Crippen molar-refractivity contribution < 1.29 is 4.74 Å². The van der Waals surface area contributed by atoms with E-state index in [2.05, 4.69) is 13.2 Å². The van der Waals surface area contributed by atoms with Crippen molar-refractivity contribution in [2.75, 3.05) is 6.61 Å². The van der Waals surface area contributed by atoms with Crippen molar-refractivity contribution in [3.63, 3.8) is 0 Å². The molecule has 0 aromatic heterocycles. The van der Waals surface area contributed by atoms with Crippen LogP contribution in [0.15, 0.2) is 25.3 Å². The van der Waals surface area contributed by atoms with Crippen LogP contribution in [-0.2, 0) is 4.74 Å². The zero-order valence-corrected chi connectivity index (χ0v) is 5.26. The predicted molar refractivity (Wildman–Crippen MR) is 35.8 cm³/mol. The molecule has 1 heteroatoms. The number of hydrogen-bond acceptors (Lipinski definition) is 1. The minimum atomic E-state index is 0.146. The summed E-state index contributed by atoms with van der Waals surface area (Å²) in [6.45, 7) is 9.61. The zero-order chi connectivity index (χ0) is 6.41. The molecule has 0 amide bonds. The average molecular weight is 112 g/mol. The van der Waals surface area contributed by atoms with Gasteiger partial charge in [-0.15, -0.1) is 13.2 Å². The molecule has 0 fully saturated rings. The summed E-state index contributed by atoms with van der Waals surface area (Å²) in [5.41, 5.74) is 0. The molecule has 0 rings (SSSR count). The lowest BCUT2D eigenvalue weighted by Gasteiger charge is -2.03. The Morgan fingerprint density at radius 3 is 2.62 bits per heavy atom. The van der Waals surface area contributed by atoms with Gasteiger partial charge >= 0.3 is 0 Å². The van der Waals surface area contributed by atoms with Gasteiger partial charge < -0.3 is 4.74 Å². The molecule has 0 aliphatic rings. The summed E-state index contributed by atoms with van der Waals surface area (Å²) in [6, 6.07) is 0. The first kappa shape index (κ1) is 7.44. The van der Waals surface area contributed by atoms with Crippen molar-refractivity contribution in [1.82, 2.24) is 0 Å². The molecule has 0 aliphatic heterocycles. The van der Waals surface area contributed by atoms with Crippen LogP contribution in [0.5, 0.6) is 0 Å². The maximum atomic E-state index is 5.10. The fourth-order valence-electron chi connectivity index (χ4n) is 0.288. The summed E-state index contributed by atoms with van der Waals surface area (Å²) in [5, 5.41) is 0. The third-order valence-corrected chi connectivity index (χ3v) is 0.809. The quantitative estimate of drug-likeness (QED) is 0.503. The van der Waals surface area contributed by atoms with Crippen LogP contribution >= 0.6 is 0 Å². The summed E-state index contributed by atoms with van der Waals surface area (Å²) < 4.78 is 5.10. The van der Waals surface area contributed by atoms with Gasteiger partial charge in [0, 0.05) is 0 Å². The topological polar surface area (TPSA) is 9.23 Å².